The fraction of sp³-hybridized carbons (Fsp3) is 0.650. The lowest BCUT2D eigenvalue weighted by Gasteiger charge is -2.34. The molecule has 24 heavy (non-hydrogen) atoms. The Morgan fingerprint density at radius 2 is 1.67 bits per heavy atom. The van der Waals surface area contributed by atoms with Crippen LogP contribution in [0.2, 0.25) is 0 Å². The third kappa shape index (κ3) is 4.29. The van der Waals surface area contributed by atoms with E-state index in [0.717, 1.165) is 37.8 Å². The van der Waals surface area contributed by atoms with Crippen molar-refractivity contribution in [3.63, 3.8) is 0 Å². The van der Waals surface area contributed by atoms with E-state index >= 15 is 0 Å². The fourth-order valence-electron chi connectivity index (χ4n) is 3.74. The predicted molar refractivity (Wildman–Crippen MR) is 101 cm³/mol. The maximum absolute atomic E-state index is 12.5. The molecule has 1 aromatic carbocycles. The van der Waals surface area contributed by atoms with Gasteiger partial charge in [0.2, 0.25) is 5.91 Å². The van der Waals surface area contributed by atoms with Gasteiger partial charge in [0.15, 0.2) is 0 Å². The highest BCUT2D eigenvalue weighted by Crippen LogP contribution is 2.22. The predicted octanol–water partition coefficient (Wildman–Crippen LogP) is 3.74. The average Bonchev–Trinajstić information content (AvgIpc) is 2.63. The van der Waals surface area contributed by atoms with E-state index in [0.29, 0.717) is 0 Å². The lowest BCUT2D eigenvalue weighted by atomic mass is 9.98. The molecular formula is C20H31N3O. The van der Waals surface area contributed by atoms with Crippen molar-refractivity contribution in [3.8, 4) is 0 Å². The van der Waals surface area contributed by atoms with Crippen LogP contribution in [0.3, 0.4) is 0 Å². The van der Waals surface area contributed by atoms with Crippen LogP contribution < -0.4 is 10.2 Å². The minimum absolute atomic E-state index is 0.0562. The maximum atomic E-state index is 12.5. The summed E-state index contributed by atoms with van der Waals surface area (Å²) in [5.41, 5.74) is 2.17. The lowest BCUT2D eigenvalue weighted by molar-refractivity contribution is -0.121. The smallest absolute Gasteiger partial charge is 0.241 e. The van der Waals surface area contributed by atoms with Gasteiger partial charge in [-0.25, -0.2) is 0 Å². The molecule has 2 fully saturated rings. The van der Waals surface area contributed by atoms with Gasteiger partial charge < -0.3 is 10.2 Å². The molecule has 0 spiro atoms. The molecule has 4 nitrogen and oxygen atoms in total. The summed E-state index contributed by atoms with van der Waals surface area (Å²) in [7, 11) is 0. The molecule has 0 bridgehead atoms. The summed E-state index contributed by atoms with van der Waals surface area (Å²) in [4.78, 5) is 17.3. The van der Waals surface area contributed by atoms with Crippen molar-refractivity contribution in [2.75, 3.05) is 36.4 Å². The van der Waals surface area contributed by atoms with E-state index < -0.39 is 0 Å². The van der Waals surface area contributed by atoms with Gasteiger partial charge in [-0.3, -0.25) is 9.69 Å². The van der Waals surface area contributed by atoms with Crippen molar-refractivity contribution in [1.82, 2.24) is 4.90 Å². The van der Waals surface area contributed by atoms with Crippen LogP contribution in [0.25, 0.3) is 0 Å². The molecule has 0 aliphatic carbocycles. The molecule has 1 aromatic rings. The van der Waals surface area contributed by atoms with Gasteiger partial charge in [0.25, 0.3) is 0 Å². The van der Waals surface area contributed by atoms with Crippen LogP contribution in [0.5, 0.6) is 0 Å². The highest BCUT2D eigenvalue weighted by molar-refractivity contribution is 5.94. The Balaban J connectivity index is 1.54. The first-order valence-electron chi connectivity index (χ1n) is 9.53. The third-order valence-corrected chi connectivity index (χ3v) is 5.60. The van der Waals surface area contributed by atoms with Gasteiger partial charge in [0.1, 0.15) is 0 Å². The second kappa shape index (κ2) is 8.02. The Morgan fingerprint density at radius 3 is 2.29 bits per heavy atom. The van der Waals surface area contributed by atoms with Gasteiger partial charge in [-0.15, -0.1) is 0 Å². The Morgan fingerprint density at radius 1 is 1.04 bits per heavy atom. The Labute approximate surface area is 146 Å². The number of hydrogen-bond acceptors (Lipinski definition) is 3. The number of hydrogen-bond donors (Lipinski definition) is 1. The summed E-state index contributed by atoms with van der Waals surface area (Å²) in [6.07, 6.45) is 6.30. The minimum atomic E-state index is -0.0562. The molecule has 0 aromatic heterocycles. The van der Waals surface area contributed by atoms with E-state index in [1.165, 1.54) is 37.8 Å². The summed E-state index contributed by atoms with van der Waals surface area (Å²) in [5, 5.41) is 3.08. The fourth-order valence-corrected chi connectivity index (χ4v) is 3.74. The number of carbonyl (C=O) groups excluding carboxylic acids is 1. The van der Waals surface area contributed by atoms with Gasteiger partial charge in [-0.2, -0.15) is 0 Å². The first kappa shape index (κ1) is 17.3. The molecule has 1 N–H and O–H groups in total. The summed E-state index contributed by atoms with van der Waals surface area (Å²) < 4.78 is 0. The van der Waals surface area contributed by atoms with Crippen molar-refractivity contribution in [3.05, 3.63) is 24.3 Å². The van der Waals surface area contributed by atoms with Gasteiger partial charge in [-0.1, -0.05) is 6.92 Å². The van der Waals surface area contributed by atoms with E-state index in [2.05, 4.69) is 34.2 Å². The third-order valence-electron chi connectivity index (χ3n) is 5.60. The molecule has 0 saturated carbocycles. The molecule has 1 unspecified atom stereocenters. The summed E-state index contributed by atoms with van der Waals surface area (Å²) in [5.74, 6) is 0.897. The molecule has 1 amide bonds. The topological polar surface area (TPSA) is 35.6 Å². The number of carbonyl (C=O) groups is 1. The van der Waals surface area contributed by atoms with Crippen LogP contribution in [0.1, 0.15) is 46.0 Å². The molecule has 2 aliphatic heterocycles. The molecule has 3 rings (SSSR count). The zero-order valence-corrected chi connectivity index (χ0v) is 15.1. The molecule has 2 aliphatic rings. The molecule has 2 saturated heterocycles. The summed E-state index contributed by atoms with van der Waals surface area (Å²) in [6.45, 7) is 8.68. The minimum Gasteiger partial charge on any atom is -0.372 e. The Bertz CT molecular complexity index is 528. The maximum Gasteiger partial charge on any atom is 0.241 e. The first-order valence-corrected chi connectivity index (χ1v) is 9.53. The molecule has 4 heteroatoms. The highest BCUT2D eigenvalue weighted by Gasteiger charge is 2.25. The number of rotatable bonds is 4. The van der Waals surface area contributed by atoms with Crippen LogP contribution in [0, 0.1) is 5.92 Å². The van der Waals surface area contributed by atoms with Crippen molar-refractivity contribution in [1.29, 1.82) is 0 Å². The van der Waals surface area contributed by atoms with Crippen molar-refractivity contribution < 1.29 is 4.79 Å². The van der Waals surface area contributed by atoms with Gasteiger partial charge in [0.05, 0.1) is 6.04 Å². The number of piperidine rings is 2. The lowest BCUT2D eigenvalue weighted by Crippen LogP contribution is -2.45. The van der Waals surface area contributed by atoms with E-state index in [-0.39, 0.29) is 11.9 Å². The van der Waals surface area contributed by atoms with E-state index in [1.807, 2.05) is 19.1 Å². The monoisotopic (exact) mass is 329 g/mol. The zero-order valence-electron chi connectivity index (χ0n) is 15.1. The summed E-state index contributed by atoms with van der Waals surface area (Å²) >= 11 is 0. The van der Waals surface area contributed by atoms with Crippen molar-refractivity contribution in [2.45, 2.75) is 52.0 Å². The largest absolute Gasteiger partial charge is 0.372 e. The van der Waals surface area contributed by atoms with Crippen LogP contribution in [-0.4, -0.2) is 43.0 Å². The van der Waals surface area contributed by atoms with E-state index in [4.69, 9.17) is 0 Å². The van der Waals surface area contributed by atoms with Crippen LogP contribution >= 0.6 is 0 Å². The van der Waals surface area contributed by atoms with Crippen LogP contribution in [-0.2, 0) is 4.79 Å². The second-order valence-corrected chi connectivity index (χ2v) is 7.48. The van der Waals surface area contributed by atoms with Crippen molar-refractivity contribution in [2.24, 2.45) is 5.92 Å². The molecule has 132 valence electrons. The quantitative estimate of drug-likeness (QED) is 0.914. The highest BCUT2D eigenvalue weighted by atomic mass is 16.2. The summed E-state index contributed by atoms with van der Waals surface area (Å²) in [6, 6.07) is 8.28. The van der Waals surface area contributed by atoms with E-state index in [9.17, 15) is 4.79 Å². The molecule has 1 atom stereocenters. The first-order chi connectivity index (χ1) is 11.6. The van der Waals surface area contributed by atoms with E-state index in [1.54, 1.807) is 0 Å². The van der Waals surface area contributed by atoms with Gasteiger partial charge >= 0.3 is 0 Å². The molecule has 0 radical (unpaired) electrons. The standard InChI is InChI=1S/C20H31N3O/c1-16-10-14-22(15-11-16)17(2)20(24)21-18-6-8-19(9-7-18)23-12-4-3-5-13-23/h6-9,16-17H,3-5,10-15H2,1-2H3,(H,21,24). The normalized spacial score (nSPS) is 21.5. The second-order valence-electron chi connectivity index (χ2n) is 7.48. The van der Waals surface area contributed by atoms with Crippen molar-refractivity contribution >= 4 is 17.3 Å². The number of nitrogens with zero attached hydrogens (tertiary/aromatic N) is 2. The molecule has 2 heterocycles. The SMILES string of the molecule is CC1CCN(C(C)C(=O)Nc2ccc(N3CCCCC3)cc2)CC1. The van der Waals surface area contributed by atoms with Crippen LogP contribution in [0.15, 0.2) is 24.3 Å². The Kier molecular flexibility index (Phi) is 5.77. The average molecular weight is 329 g/mol. The van der Waals surface area contributed by atoms with Gasteiger partial charge in [0, 0.05) is 24.5 Å². The number of benzene rings is 1. The molecular weight excluding hydrogens is 298 g/mol. The Hall–Kier alpha value is -1.55. The van der Waals surface area contributed by atoms with Gasteiger partial charge in [-0.05, 0) is 82.3 Å². The number of nitrogens with one attached hydrogen (secondary N) is 1. The number of anilines is 2. The number of likely N-dealkylation sites (tertiary alicyclic amines) is 1. The zero-order chi connectivity index (χ0) is 16.9. The number of amides is 1. The van der Waals surface area contributed by atoms with Crippen LogP contribution in [0.4, 0.5) is 11.4 Å².